The van der Waals surface area contributed by atoms with Gasteiger partial charge in [-0.05, 0) is 24.3 Å². The van der Waals surface area contributed by atoms with Crippen molar-refractivity contribution in [2.24, 2.45) is 0 Å². The molecule has 1 amide bonds. The third-order valence-corrected chi connectivity index (χ3v) is 3.81. The largest absolute Gasteiger partial charge is 0.392 e. The number of benzene rings is 2. The molecule has 3 N–H and O–H groups in total. The van der Waals surface area contributed by atoms with Crippen molar-refractivity contribution in [2.45, 2.75) is 25.5 Å². The highest BCUT2D eigenvalue weighted by Crippen LogP contribution is 2.27. The first-order valence-electron chi connectivity index (χ1n) is 6.86. The van der Waals surface area contributed by atoms with Gasteiger partial charge in [0.25, 0.3) is 0 Å². The van der Waals surface area contributed by atoms with E-state index in [1.807, 2.05) is 37.3 Å². The molecule has 1 aliphatic rings. The van der Waals surface area contributed by atoms with Gasteiger partial charge in [0.2, 0.25) is 5.91 Å². The van der Waals surface area contributed by atoms with Crippen LogP contribution in [0.2, 0.25) is 0 Å². The van der Waals surface area contributed by atoms with Crippen molar-refractivity contribution in [1.82, 2.24) is 5.32 Å². The summed E-state index contributed by atoms with van der Waals surface area (Å²) in [5.74, 6) is -0.0824. The Labute approximate surface area is 117 Å². The lowest BCUT2D eigenvalue weighted by atomic mass is 10.0. The number of carbonyl (C=O) groups is 1. The maximum Gasteiger partial charge on any atom is 0.241 e. The molecule has 1 heterocycles. The van der Waals surface area contributed by atoms with Gasteiger partial charge in [-0.25, -0.2) is 0 Å². The zero-order valence-corrected chi connectivity index (χ0v) is 11.4. The van der Waals surface area contributed by atoms with E-state index in [4.69, 9.17) is 0 Å². The Hall–Kier alpha value is -1.91. The minimum absolute atomic E-state index is 0.0824. The number of hydrogen-bond acceptors (Lipinski definition) is 3. The van der Waals surface area contributed by atoms with Gasteiger partial charge in [-0.2, -0.15) is 0 Å². The van der Waals surface area contributed by atoms with Gasteiger partial charge < -0.3 is 15.7 Å². The summed E-state index contributed by atoms with van der Waals surface area (Å²) in [6.07, 6.45) is 0.0368. The lowest BCUT2D eigenvalue weighted by Gasteiger charge is -2.15. The Morgan fingerprint density at radius 2 is 2.10 bits per heavy atom. The first-order chi connectivity index (χ1) is 9.65. The van der Waals surface area contributed by atoms with Crippen LogP contribution in [0.4, 0.5) is 5.69 Å². The van der Waals surface area contributed by atoms with Crippen molar-refractivity contribution >= 4 is 22.4 Å². The first-order valence-corrected chi connectivity index (χ1v) is 6.86. The van der Waals surface area contributed by atoms with Crippen molar-refractivity contribution in [2.75, 3.05) is 11.9 Å². The van der Waals surface area contributed by atoms with Crippen LogP contribution in [0, 0.1) is 6.92 Å². The summed E-state index contributed by atoms with van der Waals surface area (Å²) in [5, 5.41) is 17.7. The number of rotatable bonds is 2. The van der Waals surface area contributed by atoms with E-state index in [0.29, 0.717) is 13.0 Å². The third kappa shape index (κ3) is 2.40. The highest BCUT2D eigenvalue weighted by atomic mass is 16.3. The number of nitrogens with one attached hydrogen (secondary N) is 2. The minimum Gasteiger partial charge on any atom is -0.392 e. The summed E-state index contributed by atoms with van der Waals surface area (Å²) in [6, 6.07) is 11.7. The normalized spacial score (nSPS) is 22.1. The molecule has 0 aromatic heterocycles. The van der Waals surface area contributed by atoms with Crippen LogP contribution in [0.15, 0.2) is 36.4 Å². The zero-order chi connectivity index (χ0) is 14.1. The molecule has 0 aliphatic carbocycles. The van der Waals surface area contributed by atoms with Crippen LogP contribution in [-0.4, -0.2) is 29.7 Å². The molecule has 3 rings (SSSR count). The van der Waals surface area contributed by atoms with E-state index in [1.165, 1.54) is 0 Å². The second kappa shape index (κ2) is 5.23. The molecule has 20 heavy (non-hydrogen) atoms. The van der Waals surface area contributed by atoms with Gasteiger partial charge in [0, 0.05) is 11.9 Å². The van der Waals surface area contributed by atoms with Gasteiger partial charge in [0.05, 0.1) is 17.8 Å². The van der Waals surface area contributed by atoms with Crippen LogP contribution in [-0.2, 0) is 4.79 Å². The number of fused-ring (bicyclic) bond motifs is 1. The van der Waals surface area contributed by atoms with Crippen LogP contribution in [0.1, 0.15) is 12.0 Å². The van der Waals surface area contributed by atoms with Crippen LogP contribution in [0.3, 0.4) is 0 Å². The predicted octanol–water partition coefficient (Wildman–Crippen LogP) is 1.81. The summed E-state index contributed by atoms with van der Waals surface area (Å²) in [6.45, 7) is 2.46. The summed E-state index contributed by atoms with van der Waals surface area (Å²) in [4.78, 5) is 12.3. The van der Waals surface area contributed by atoms with Crippen LogP contribution < -0.4 is 10.6 Å². The quantitative estimate of drug-likeness (QED) is 0.780. The summed E-state index contributed by atoms with van der Waals surface area (Å²) < 4.78 is 0. The lowest BCUT2D eigenvalue weighted by molar-refractivity contribution is -0.117. The Kier molecular flexibility index (Phi) is 3.42. The van der Waals surface area contributed by atoms with E-state index in [0.717, 1.165) is 22.0 Å². The molecule has 1 fully saturated rings. The summed E-state index contributed by atoms with van der Waals surface area (Å²) >= 11 is 0. The molecule has 1 saturated heterocycles. The van der Waals surface area contributed by atoms with Crippen LogP contribution in [0.25, 0.3) is 10.8 Å². The first kappa shape index (κ1) is 13.1. The van der Waals surface area contributed by atoms with Crippen molar-refractivity contribution in [3.8, 4) is 0 Å². The second-order valence-electron chi connectivity index (χ2n) is 5.32. The van der Waals surface area contributed by atoms with Crippen molar-refractivity contribution in [1.29, 1.82) is 0 Å². The molecule has 0 saturated carbocycles. The fraction of sp³-hybridized carbons (Fsp3) is 0.312. The third-order valence-electron chi connectivity index (χ3n) is 3.81. The molecule has 1 aliphatic heterocycles. The van der Waals surface area contributed by atoms with Gasteiger partial charge >= 0.3 is 0 Å². The van der Waals surface area contributed by atoms with Gasteiger partial charge in [0.1, 0.15) is 0 Å². The van der Waals surface area contributed by atoms with E-state index in [9.17, 15) is 9.90 Å². The van der Waals surface area contributed by atoms with E-state index >= 15 is 0 Å². The van der Waals surface area contributed by atoms with Gasteiger partial charge in [0.15, 0.2) is 0 Å². The molecule has 2 aromatic carbocycles. The van der Waals surface area contributed by atoms with Gasteiger partial charge in [-0.1, -0.05) is 36.4 Å². The number of amides is 1. The predicted molar refractivity (Wildman–Crippen MR) is 79.7 cm³/mol. The van der Waals surface area contributed by atoms with Crippen LogP contribution >= 0.6 is 0 Å². The molecule has 0 radical (unpaired) electrons. The highest BCUT2D eigenvalue weighted by Gasteiger charge is 2.28. The Morgan fingerprint density at radius 1 is 1.30 bits per heavy atom. The van der Waals surface area contributed by atoms with Crippen LogP contribution in [0.5, 0.6) is 0 Å². The molecule has 0 unspecified atom stereocenters. The van der Waals surface area contributed by atoms with E-state index in [2.05, 4.69) is 16.7 Å². The monoisotopic (exact) mass is 270 g/mol. The SMILES string of the molecule is Cc1ccc2ccccc2c1NC(=O)[C@@H]1C[C@@H](O)CN1. The fourth-order valence-electron chi connectivity index (χ4n) is 2.67. The average molecular weight is 270 g/mol. The number of aliphatic hydroxyl groups excluding tert-OH is 1. The molecular weight excluding hydrogens is 252 g/mol. The minimum atomic E-state index is -0.431. The summed E-state index contributed by atoms with van der Waals surface area (Å²) in [7, 11) is 0. The van der Waals surface area contributed by atoms with Crippen molar-refractivity contribution in [3.05, 3.63) is 42.0 Å². The molecule has 104 valence electrons. The number of β-amino-alcohol motifs (C(OH)–C–C–N with tert-alkyl or cyclic N) is 1. The fourth-order valence-corrected chi connectivity index (χ4v) is 2.67. The van der Waals surface area contributed by atoms with Gasteiger partial charge in [-0.3, -0.25) is 4.79 Å². The Morgan fingerprint density at radius 3 is 2.85 bits per heavy atom. The summed E-state index contributed by atoms with van der Waals surface area (Å²) in [5.41, 5.74) is 1.90. The molecule has 0 bridgehead atoms. The Bertz CT molecular complexity index is 654. The van der Waals surface area contributed by atoms with E-state index < -0.39 is 6.10 Å². The number of aliphatic hydroxyl groups is 1. The Balaban J connectivity index is 1.90. The van der Waals surface area contributed by atoms with Gasteiger partial charge in [-0.15, -0.1) is 0 Å². The highest BCUT2D eigenvalue weighted by molar-refractivity contribution is 6.05. The molecular formula is C16H18N2O2. The number of carbonyl (C=O) groups excluding carboxylic acids is 1. The smallest absolute Gasteiger partial charge is 0.241 e. The number of anilines is 1. The van der Waals surface area contributed by atoms with E-state index in [1.54, 1.807) is 0 Å². The average Bonchev–Trinajstić information content (AvgIpc) is 2.89. The molecule has 0 spiro atoms. The molecule has 4 nitrogen and oxygen atoms in total. The zero-order valence-electron chi connectivity index (χ0n) is 11.4. The molecule has 2 aromatic rings. The van der Waals surface area contributed by atoms with E-state index in [-0.39, 0.29) is 11.9 Å². The second-order valence-corrected chi connectivity index (χ2v) is 5.32. The number of aryl methyl sites for hydroxylation is 1. The molecule has 2 atom stereocenters. The standard InChI is InChI=1S/C16H18N2O2/c1-10-6-7-11-4-2-3-5-13(11)15(10)18-16(20)14-8-12(19)9-17-14/h2-7,12,14,17,19H,8-9H2,1H3,(H,18,20)/t12-,14+/m1/s1. The van der Waals surface area contributed by atoms with Crippen molar-refractivity contribution in [3.63, 3.8) is 0 Å². The topological polar surface area (TPSA) is 61.4 Å². The number of hydrogen-bond donors (Lipinski definition) is 3. The van der Waals surface area contributed by atoms with Crippen molar-refractivity contribution < 1.29 is 9.90 Å². The lowest BCUT2D eigenvalue weighted by Crippen LogP contribution is -2.35. The maximum atomic E-state index is 12.3. The molecule has 4 heteroatoms. The maximum absolute atomic E-state index is 12.3.